The first kappa shape index (κ1) is 21.4. The van der Waals surface area contributed by atoms with Crippen LogP contribution >= 0.6 is 0 Å². The number of benzene rings is 2. The average molecular weight is 394 g/mol. The Morgan fingerprint density at radius 2 is 1.86 bits per heavy atom. The van der Waals surface area contributed by atoms with Gasteiger partial charge in [-0.05, 0) is 75.1 Å². The zero-order chi connectivity index (χ0) is 20.9. The number of alkyl carbamates (subject to hydrolysis) is 1. The number of hydrogen-bond acceptors (Lipinski definition) is 2. The predicted molar refractivity (Wildman–Crippen MR) is 119 cm³/mol. The second kappa shape index (κ2) is 9.47. The molecule has 0 fully saturated rings. The number of ether oxygens (including phenoxy) is 1. The number of nitrogens with one attached hydrogen (secondary N) is 1. The molecule has 1 N–H and O–H groups in total. The molecular formula is C26H35NO2. The second-order valence-corrected chi connectivity index (χ2v) is 9.22. The molecule has 3 nitrogen and oxygen atoms in total. The zero-order valence-electron chi connectivity index (χ0n) is 18.3. The lowest BCUT2D eigenvalue weighted by atomic mass is 9.75. The maximum atomic E-state index is 12.5. The van der Waals surface area contributed by atoms with Gasteiger partial charge in [-0.15, -0.1) is 0 Å². The molecule has 3 heteroatoms. The van der Waals surface area contributed by atoms with Crippen molar-refractivity contribution in [2.75, 3.05) is 0 Å². The first-order valence-corrected chi connectivity index (χ1v) is 11.0. The van der Waals surface area contributed by atoms with Gasteiger partial charge in [-0.25, -0.2) is 4.79 Å². The molecule has 0 aliphatic heterocycles. The van der Waals surface area contributed by atoms with Crippen molar-refractivity contribution >= 4 is 6.09 Å². The Hall–Kier alpha value is -2.29. The predicted octanol–water partition coefficient (Wildman–Crippen LogP) is 6.20. The third-order valence-electron chi connectivity index (χ3n) is 5.64. The third kappa shape index (κ3) is 6.09. The number of fused-ring (bicyclic) bond motifs is 1. The van der Waals surface area contributed by atoms with E-state index in [1.165, 1.54) is 35.1 Å². The summed E-state index contributed by atoms with van der Waals surface area (Å²) in [6, 6.07) is 17.7. The summed E-state index contributed by atoms with van der Waals surface area (Å²) in [6.45, 7) is 7.95. The average Bonchev–Trinajstić information content (AvgIpc) is 2.67. The normalized spacial score (nSPS) is 18.8. The highest BCUT2D eigenvalue weighted by Gasteiger charge is 2.32. The molecule has 0 heterocycles. The Balaban J connectivity index is 1.87. The summed E-state index contributed by atoms with van der Waals surface area (Å²) in [7, 11) is 0. The molecular weight excluding hydrogens is 358 g/mol. The molecule has 2 aromatic carbocycles. The van der Waals surface area contributed by atoms with Gasteiger partial charge >= 0.3 is 6.09 Å². The van der Waals surface area contributed by atoms with E-state index in [0.717, 1.165) is 25.7 Å². The van der Waals surface area contributed by atoms with E-state index in [-0.39, 0.29) is 18.1 Å². The fraction of sp³-hybridized carbons (Fsp3) is 0.500. The first-order chi connectivity index (χ1) is 13.9. The van der Waals surface area contributed by atoms with E-state index in [9.17, 15) is 4.79 Å². The maximum Gasteiger partial charge on any atom is 0.407 e. The van der Waals surface area contributed by atoms with Crippen molar-refractivity contribution < 1.29 is 9.53 Å². The molecule has 2 unspecified atom stereocenters. The number of carbonyl (C=O) groups excluding carboxylic acids is 1. The molecule has 2 atom stereocenters. The molecule has 0 radical (unpaired) electrons. The standard InChI is InChI=1S/C26H35NO2/c1-5-6-10-20-13-14-21-15-16-24(27-25(28)29-26(2,3)4)23(22(21)17-20)18-19-11-8-7-9-12-19/h7-9,11-14,17,23-24H,5-6,10,15-16,18H2,1-4H3,(H,27,28). The van der Waals surface area contributed by atoms with Gasteiger partial charge in [0.1, 0.15) is 5.60 Å². The lowest BCUT2D eigenvalue weighted by Crippen LogP contribution is -2.44. The van der Waals surface area contributed by atoms with Gasteiger partial charge in [-0.1, -0.05) is 61.9 Å². The van der Waals surface area contributed by atoms with Crippen LogP contribution in [0.3, 0.4) is 0 Å². The summed E-state index contributed by atoms with van der Waals surface area (Å²) >= 11 is 0. The lowest BCUT2D eigenvalue weighted by Gasteiger charge is -2.35. The van der Waals surface area contributed by atoms with E-state index in [0.29, 0.717) is 0 Å². The van der Waals surface area contributed by atoms with E-state index in [2.05, 4.69) is 60.8 Å². The minimum Gasteiger partial charge on any atom is -0.444 e. The Morgan fingerprint density at radius 1 is 1.10 bits per heavy atom. The van der Waals surface area contributed by atoms with Crippen LogP contribution in [0.2, 0.25) is 0 Å². The Kier molecular flexibility index (Phi) is 7.00. The van der Waals surface area contributed by atoms with Crippen molar-refractivity contribution in [2.45, 2.75) is 83.8 Å². The largest absolute Gasteiger partial charge is 0.444 e. The Bertz CT molecular complexity index is 807. The van der Waals surface area contributed by atoms with Gasteiger partial charge in [-0.3, -0.25) is 0 Å². The fourth-order valence-corrected chi connectivity index (χ4v) is 4.23. The number of rotatable bonds is 6. The molecule has 156 valence electrons. The van der Waals surface area contributed by atoms with Gasteiger partial charge < -0.3 is 10.1 Å². The third-order valence-corrected chi connectivity index (χ3v) is 5.64. The van der Waals surface area contributed by atoms with E-state index in [4.69, 9.17) is 4.74 Å². The summed E-state index contributed by atoms with van der Waals surface area (Å²) in [6.07, 6.45) is 6.07. The van der Waals surface area contributed by atoms with E-state index < -0.39 is 5.60 Å². The number of carbonyl (C=O) groups is 1. The van der Waals surface area contributed by atoms with E-state index in [1.807, 2.05) is 20.8 Å². The number of unbranched alkanes of at least 4 members (excludes halogenated alkanes) is 1. The maximum absolute atomic E-state index is 12.5. The summed E-state index contributed by atoms with van der Waals surface area (Å²) in [5.74, 6) is 0.259. The van der Waals surface area contributed by atoms with Crippen LogP contribution in [0.25, 0.3) is 0 Å². The minimum absolute atomic E-state index is 0.0824. The van der Waals surface area contributed by atoms with Gasteiger partial charge in [0, 0.05) is 12.0 Å². The fourth-order valence-electron chi connectivity index (χ4n) is 4.23. The molecule has 2 aromatic rings. The van der Waals surface area contributed by atoms with Crippen molar-refractivity contribution in [1.29, 1.82) is 0 Å². The quantitative estimate of drug-likeness (QED) is 0.635. The molecule has 0 aromatic heterocycles. The van der Waals surface area contributed by atoms with Gasteiger partial charge in [0.25, 0.3) is 0 Å². The van der Waals surface area contributed by atoms with E-state index >= 15 is 0 Å². The molecule has 0 saturated heterocycles. The number of amides is 1. The van der Waals surface area contributed by atoms with Crippen molar-refractivity contribution in [3.63, 3.8) is 0 Å². The van der Waals surface area contributed by atoms with Gasteiger partial charge in [0.05, 0.1) is 0 Å². The van der Waals surface area contributed by atoms with Crippen molar-refractivity contribution in [3.8, 4) is 0 Å². The lowest BCUT2D eigenvalue weighted by molar-refractivity contribution is 0.0491. The van der Waals surface area contributed by atoms with Gasteiger partial charge in [0.15, 0.2) is 0 Å². The number of hydrogen-bond donors (Lipinski definition) is 1. The van der Waals surface area contributed by atoms with Crippen molar-refractivity contribution in [1.82, 2.24) is 5.32 Å². The molecule has 3 rings (SSSR count). The van der Waals surface area contributed by atoms with Gasteiger partial charge in [0.2, 0.25) is 0 Å². The Morgan fingerprint density at radius 3 is 2.55 bits per heavy atom. The molecule has 1 amide bonds. The molecule has 1 aliphatic rings. The Labute approximate surface area is 175 Å². The highest BCUT2D eigenvalue weighted by Crippen LogP contribution is 2.35. The number of aryl methyl sites for hydroxylation is 2. The molecule has 0 saturated carbocycles. The SMILES string of the molecule is CCCCc1ccc2c(c1)C(Cc1ccccc1)C(NC(=O)OC(C)(C)C)CC2. The van der Waals surface area contributed by atoms with Crippen LogP contribution in [0.5, 0.6) is 0 Å². The molecule has 29 heavy (non-hydrogen) atoms. The van der Waals surface area contributed by atoms with Crippen LogP contribution < -0.4 is 5.32 Å². The molecule has 0 spiro atoms. The summed E-state index contributed by atoms with van der Waals surface area (Å²) in [5.41, 5.74) is 5.05. The smallest absolute Gasteiger partial charge is 0.407 e. The van der Waals surface area contributed by atoms with Crippen LogP contribution in [0.15, 0.2) is 48.5 Å². The van der Waals surface area contributed by atoms with E-state index in [1.54, 1.807) is 0 Å². The second-order valence-electron chi connectivity index (χ2n) is 9.22. The summed E-state index contributed by atoms with van der Waals surface area (Å²) < 4.78 is 5.55. The molecule has 0 bridgehead atoms. The van der Waals surface area contributed by atoms with Crippen LogP contribution in [-0.2, 0) is 24.0 Å². The van der Waals surface area contributed by atoms with Crippen molar-refractivity contribution in [3.05, 3.63) is 70.8 Å². The monoisotopic (exact) mass is 393 g/mol. The van der Waals surface area contributed by atoms with Crippen LogP contribution in [0.1, 0.15) is 75.1 Å². The van der Waals surface area contributed by atoms with Gasteiger partial charge in [-0.2, -0.15) is 0 Å². The summed E-state index contributed by atoms with van der Waals surface area (Å²) in [5, 5.41) is 3.19. The van der Waals surface area contributed by atoms with Crippen LogP contribution in [0, 0.1) is 0 Å². The zero-order valence-corrected chi connectivity index (χ0v) is 18.3. The molecule has 1 aliphatic carbocycles. The highest BCUT2D eigenvalue weighted by atomic mass is 16.6. The highest BCUT2D eigenvalue weighted by molar-refractivity contribution is 5.68. The minimum atomic E-state index is -0.487. The van der Waals surface area contributed by atoms with Crippen LogP contribution in [0.4, 0.5) is 4.79 Å². The van der Waals surface area contributed by atoms with Crippen molar-refractivity contribution in [2.24, 2.45) is 0 Å². The topological polar surface area (TPSA) is 38.3 Å². The summed E-state index contributed by atoms with van der Waals surface area (Å²) in [4.78, 5) is 12.5. The first-order valence-electron chi connectivity index (χ1n) is 11.0. The van der Waals surface area contributed by atoms with Crippen LogP contribution in [-0.4, -0.2) is 17.7 Å².